The van der Waals surface area contributed by atoms with Crippen LogP contribution in [0.15, 0.2) is 85.2 Å². The van der Waals surface area contributed by atoms with Crippen molar-refractivity contribution < 1.29 is 9.90 Å². The third-order valence-electron chi connectivity index (χ3n) is 5.94. The molecule has 3 aromatic carbocycles. The Morgan fingerprint density at radius 1 is 0.824 bits per heavy atom. The second-order valence-electron chi connectivity index (χ2n) is 8.37. The molecule has 0 aliphatic rings. The van der Waals surface area contributed by atoms with Crippen molar-refractivity contribution in [3.05, 3.63) is 96.3 Å². The van der Waals surface area contributed by atoms with Crippen LogP contribution >= 0.6 is 0 Å². The summed E-state index contributed by atoms with van der Waals surface area (Å²) in [5.41, 5.74) is 7.22. The molecule has 0 bridgehead atoms. The number of aromatic nitrogens is 3. The highest BCUT2D eigenvalue weighted by Gasteiger charge is 2.13. The van der Waals surface area contributed by atoms with Crippen LogP contribution < -0.4 is 4.90 Å². The summed E-state index contributed by atoms with van der Waals surface area (Å²) < 4.78 is 0. The molecule has 2 heterocycles. The van der Waals surface area contributed by atoms with Crippen molar-refractivity contribution in [2.75, 3.05) is 18.5 Å². The number of aryl methyl sites for hydroxylation is 2. The number of carboxylic acid groups (broad SMARTS) is 1. The first-order valence-electron chi connectivity index (χ1n) is 11.2. The van der Waals surface area contributed by atoms with Crippen LogP contribution in [0.1, 0.15) is 11.1 Å². The molecule has 0 atom stereocenters. The third-order valence-corrected chi connectivity index (χ3v) is 5.94. The number of hydrogen-bond acceptors (Lipinski definition) is 5. The Hall–Kier alpha value is -4.32. The van der Waals surface area contributed by atoms with Crippen LogP contribution in [-0.2, 0) is 17.6 Å². The maximum Gasteiger partial charge on any atom is 0.323 e. The van der Waals surface area contributed by atoms with E-state index in [-0.39, 0.29) is 6.54 Å². The Balaban J connectivity index is 1.49. The Labute approximate surface area is 197 Å². The molecule has 0 unspecified atom stereocenters. The van der Waals surface area contributed by atoms with E-state index in [1.54, 1.807) is 24.3 Å². The largest absolute Gasteiger partial charge is 0.480 e. The Morgan fingerprint density at radius 3 is 2.24 bits per heavy atom. The zero-order chi connectivity index (χ0) is 23.5. The molecule has 6 nitrogen and oxygen atoms in total. The second-order valence-corrected chi connectivity index (χ2v) is 8.37. The molecular weight excluding hydrogens is 424 g/mol. The van der Waals surface area contributed by atoms with Gasteiger partial charge in [-0.05, 0) is 65.4 Å². The maximum absolute atomic E-state index is 11.2. The van der Waals surface area contributed by atoms with Gasteiger partial charge in [-0.15, -0.1) is 0 Å². The van der Waals surface area contributed by atoms with E-state index in [1.165, 1.54) is 11.1 Å². The summed E-state index contributed by atoms with van der Waals surface area (Å²) in [7, 11) is 1.75. The van der Waals surface area contributed by atoms with E-state index >= 15 is 0 Å². The first kappa shape index (κ1) is 21.5. The number of carbonyl (C=O) groups is 1. The average Bonchev–Trinajstić information content (AvgIpc) is 2.86. The lowest BCUT2D eigenvalue weighted by Crippen LogP contribution is -2.26. The molecule has 2 aromatic heterocycles. The van der Waals surface area contributed by atoms with Crippen LogP contribution in [-0.4, -0.2) is 39.6 Å². The number of hydrogen-bond donors (Lipinski definition) is 1. The zero-order valence-corrected chi connectivity index (χ0v) is 18.8. The van der Waals surface area contributed by atoms with E-state index in [0.717, 1.165) is 45.9 Å². The van der Waals surface area contributed by atoms with Gasteiger partial charge >= 0.3 is 5.97 Å². The fourth-order valence-electron chi connectivity index (χ4n) is 4.20. The highest BCUT2D eigenvalue weighted by Crippen LogP contribution is 2.32. The standard InChI is InChI=1S/C28H24N4O2/c1-32(18-28(33)34)27-17-22(21-5-3-2-4-6-21)23-15-19(9-11-24(23)31-27)7-8-20-10-12-25-26(16-20)30-14-13-29-25/h2-6,9-17H,7-8,18H2,1H3,(H,33,34). The molecule has 0 fully saturated rings. The number of nitrogens with zero attached hydrogens (tertiary/aromatic N) is 4. The van der Waals surface area contributed by atoms with E-state index in [0.29, 0.717) is 5.82 Å². The van der Waals surface area contributed by atoms with Gasteiger partial charge < -0.3 is 10.0 Å². The topological polar surface area (TPSA) is 79.2 Å². The first-order valence-corrected chi connectivity index (χ1v) is 11.2. The lowest BCUT2D eigenvalue weighted by atomic mass is 9.97. The van der Waals surface area contributed by atoms with E-state index in [9.17, 15) is 9.90 Å². The SMILES string of the molecule is CN(CC(=O)O)c1cc(-c2ccccc2)c2cc(CCc3ccc4nccnc4c3)ccc2n1. The molecule has 0 spiro atoms. The average molecular weight is 449 g/mol. The summed E-state index contributed by atoms with van der Waals surface area (Å²) in [6.07, 6.45) is 5.21. The molecular formula is C28H24N4O2. The van der Waals surface area contributed by atoms with Gasteiger partial charge in [0.15, 0.2) is 0 Å². The Kier molecular flexibility index (Phi) is 5.87. The molecule has 34 heavy (non-hydrogen) atoms. The van der Waals surface area contributed by atoms with Crippen molar-refractivity contribution in [1.82, 2.24) is 15.0 Å². The highest BCUT2D eigenvalue weighted by atomic mass is 16.4. The van der Waals surface area contributed by atoms with Gasteiger partial charge in [0, 0.05) is 24.8 Å². The smallest absolute Gasteiger partial charge is 0.323 e. The fraction of sp³-hybridized carbons (Fsp3) is 0.143. The molecule has 5 aromatic rings. The highest BCUT2D eigenvalue weighted by molar-refractivity contribution is 5.96. The molecule has 0 saturated heterocycles. The van der Waals surface area contributed by atoms with Gasteiger partial charge in [0.1, 0.15) is 12.4 Å². The number of rotatable bonds is 7. The van der Waals surface area contributed by atoms with Gasteiger partial charge in [0.25, 0.3) is 0 Å². The monoisotopic (exact) mass is 448 g/mol. The van der Waals surface area contributed by atoms with Crippen LogP contribution in [0.25, 0.3) is 33.1 Å². The number of carboxylic acids is 1. The van der Waals surface area contributed by atoms with Gasteiger partial charge in [-0.1, -0.05) is 42.5 Å². The van der Waals surface area contributed by atoms with E-state index < -0.39 is 5.97 Å². The lowest BCUT2D eigenvalue weighted by Gasteiger charge is -2.18. The Morgan fingerprint density at radius 2 is 1.50 bits per heavy atom. The van der Waals surface area contributed by atoms with Crippen LogP contribution in [0.4, 0.5) is 5.82 Å². The lowest BCUT2D eigenvalue weighted by molar-refractivity contribution is -0.135. The quantitative estimate of drug-likeness (QED) is 0.371. The minimum absolute atomic E-state index is 0.110. The van der Waals surface area contributed by atoms with E-state index in [4.69, 9.17) is 4.98 Å². The summed E-state index contributed by atoms with van der Waals surface area (Å²) in [5, 5.41) is 10.3. The minimum atomic E-state index is -0.888. The van der Waals surface area contributed by atoms with Crippen LogP contribution in [0.2, 0.25) is 0 Å². The van der Waals surface area contributed by atoms with E-state index in [2.05, 4.69) is 46.4 Å². The molecule has 0 amide bonds. The number of pyridine rings is 1. The normalized spacial score (nSPS) is 11.1. The zero-order valence-electron chi connectivity index (χ0n) is 18.8. The number of aliphatic carboxylic acids is 1. The summed E-state index contributed by atoms with van der Waals surface area (Å²) in [6.45, 7) is -0.110. The molecule has 0 aliphatic carbocycles. The molecule has 168 valence electrons. The van der Waals surface area contributed by atoms with Crippen molar-refractivity contribution in [2.24, 2.45) is 0 Å². The Bertz CT molecular complexity index is 1480. The van der Waals surface area contributed by atoms with Crippen molar-refractivity contribution in [2.45, 2.75) is 12.8 Å². The summed E-state index contributed by atoms with van der Waals surface area (Å²) in [4.78, 5) is 26.4. The van der Waals surface area contributed by atoms with Crippen molar-refractivity contribution in [1.29, 1.82) is 0 Å². The molecule has 0 saturated carbocycles. The number of benzene rings is 3. The first-order chi connectivity index (χ1) is 16.6. The molecule has 6 heteroatoms. The molecule has 5 rings (SSSR count). The predicted octanol–water partition coefficient (Wildman–Crippen LogP) is 5.15. The van der Waals surface area contributed by atoms with Gasteiger partial charge in [-0.25, -0.2) is 4.98 Å². The fourth-order valence-corrected chi connectivity index (χ4v) is 4.20. The van der Waals surface area contributed by atoms with Gasteiger partial charge in [0.2, 0.25) is 0 Å². The third kappa shape index (κ3) is 4.57. The van der Waals surface area contributed by atoms with Crippen LogP contribution in [0.3, 0.4) is 0 Å². The van der Waals surface area contributed by atoms with E-state index in [1.807, 2.05) is 36.4 Å². The van der Waals surface area contributed by atoms with Crippen LogP contribution in [0, 0.1) is 0 Å². The summed E-state index contributed by atoms with van der Waals surface area (Å²) >= 11 is 0. The van der Waals surface area contributed by atoms with Crippen molar-refractivity contribution in [3.8, 4) is 11.1 Å². The van der Waals surface area contributed by atoms with Crippen molar-refractivity contribution >= 4 is 33.7 Å². The second kappa shape index (κ2) is 9.27. The molecule has 1 N–H and O–H groups in total. The van der Waals surface area contributed by atoms with Gasteiger partial charge in [0.05, 0.1) is 16.6 Å². The number of fused-ring (bicyclic) bond motifs is 2. The number of anilines is 1. The van der Waals surface area contributed by atoms with Gasteiger partial charge in [-0.2, -0.15) is 0 Å². The van der Waals surface area contributed by atoms with Crippen molar-refractivity contribution in [3.63, 3.8) is 0 Å². The van der Waals surface area contributed by atoms with Crippen LogP contribution in [0.5, 0.6) is 0 Å². The minimum Gasteiger partial charge on any atom is -0.480 e. The predicted molar refractivity (Wildman–Crippen MR) is 135 cm³/mol. The summed E-state index contributed by atoms with van der Waals surface area (Å²) in [6, 6.07) is 24.7. The molecule has 0 radical (unpaired) electrons. The number of likely N-dealkylation sites (N-methyl/N-ethyl adjacent to an activating group) is 1. The maximum atomic E-state index is 11.2. The van der Waals surface area contributed by atoms with Gasteiger partial charge in [-0.3, -0.25) is 14.8 Å². The molecule has 0 aliphatic heterocycles. The summed E-state index contributed by atoms with van der Waals surface area (Å²) in [5.74, 6) is -0.251.